The number of benzene rings is 3. The van der Waals surface area contributed by atoms with E-state index in [1.165, 1.54) is 17.7 Å². The van der Waals surface area contributed by atoms with Crippen molar-refractivity contribution in [3.63, 3.8) is 0 Å². The fraction of sp³-hybridized carbons (Fsp3) is 0.387. The van der Waals surface area contributed by atoms with Gasteiger partial charge in [0.25, 0.3) is 5.91 Å². The van der Waals surface area contributed by atoms with Crippen LogP contribution < -0.4 is 10.6 Å². The number of hydrogen-bond donors (Lipinski definition) is 4. The molecule has 3 rings (SSSR count). The summed E-state index contributed by atoms with van der Waals surface area (Å²) in [5.41, 5.74) is 4.87. The first-order valence-corrected chi connectivity index (χ1v) is 13.3. The van der Waals surface area contributed by atoms with E-state index in [-0.39, 0.29) is 25.5 Å². The second-order valence-electron chi connectivity index (χ2n) is 10.1. The van der Waals surface area contributed by atoms with Gasteiger partial charge in [0, 0.05) is 37.8 Å². The van der Waals surface area contributed by atoms with E-state index in [9.17, 15) is 23.8 Å². The van der Waals surface area contributed by atoms with Gasteiger partial charge in [-0.25, -0.2) is 8.78 Å². The first-order valence-electron chi connectivity index (χ1n) is 13.3. The van der Waals surface area contributed by atoms with Crippen molar-refractivity contribution in [2.45, 2.75) is 51.9 Å². The van der Waals surface area contributed by atoms with Gasteiger partial charge in [0.2, 0.25) is 0 Å². The van der Waals surface area contributed by atoms with E-state index in [2.05, 4.69) is 29.7 Å². The van der Waals surface area contributed by atoms with Gasteiger partial charge in [-0.2, -0.15) is 0 Å². The zero-order valence-corrected chi connectivity index (χ0v) is 22.9. The molecular weight excluding hydrogens is 500 g/mol. The molecule has 8 heteroatoms. The molecule has 0 heterocycles. The minimum Gasteiger partial charge on any atom is -0.395 e. The van der Waals surface area contributed by atoms with Gasteiger partial charge in [0.05, 0.1) is 18.8 Å². The van der Waals surface area contributed by atoms with Crippen LogP contribution in [0.25, 0.3) is 0 Å². The number of aliphatic hydroxyl groups is 2. The highest BCUT2D eigenvalue weighted by molar-refractivity contribution is 5.94. The van der Waals surface area contributed by atoms with Crippen molar-refractivity contribution >= 4 is 5.91 Å². The highest BCUT2D eigenvalue weighted by Gasteiger charge is 2.23. The third kappa shape index (κ3) is 9.82. The Labute approximate surface area is 229 Å². The average Bonchev–Trinajstić information content (AvgIpc) is 2.87. The summed E-state index contributed by atoms with van der Waals surface area (Å²) < 4.78 is 27.8. The number of amides is 1. The Kier molecular flexibility index (Phi) is 11.6. The van der Waals surface area contributed by atoms with Crippen LogP contribution in [0, 0.1) is 18.6 Å². The van der Waals surface area contributed by atoms with Gasteiger partial charge < -0.3 is 20.8 Å². The zero-order valence-electron chi connectivity index (χ0n) is 22.9. The summed E-state index contributed by atoms with van der Waals surface area (Å²) in [5.74, 6) is -1.82. The van der Waals surface area contributed by atoms with E-state index in [1.54, 1.807) is 12.1 Å². The highest BCUT2D eigenvalue weighted by Crippen LogP contribution is 2.15. The Morgan fingerprint density at radius 3 is 2.38 bits per heavy atom. The minimum atomic E-state index is -1.02. The molecule has 1 amide bonds. The van der Waals surface area contributed by atoms with E-state index >= 15 is 0 Å². The molecule has 2 unspecified atom stereocenters. The lowest BCUT2D eigenvalue weighted by molar-refractivity contribution is 0.0829. The average molecular weight is 540 g/mol. The molecule has 0 aromatic heterocycles. The molecule has 3 aromatic rings. The van der Waals surface area contributed by atoms with Crippen LogP contribution in [0.15, 0.2) is 60.7 Å². The molecule has 3 aromatic carbocycles. The van der Waals surface area contributed by atoms with Crippen molar-refractivity contribution in [2.75, 3.05) is 26.7 Å². The van der Waals surface area contributed by atoms with E-state index in [0.717, 1.165) is 29.2 Å². The van der Waals surface area contributed by atoms with Crippen molar-refractivity contribution in [1.29, 1.82) is 0 Å². The molecule has 6 nitrogen and oxygen atoms in total. The molecule has 210 valence electrons. The van der Waals surface area contributed by atoms with Gasteiger partial charge in [0.1, 0.15) is 11.6 Å². The second-order valence-corrected chi connectivity index (χ2v) is 10.1. The molecule has 0 aliphatic heterocycles. The summed E-state index contributed by atoms with van der Waals surface area (Å²) in [4.78, 5) is 15.3. The Hall–Kier alpha value is -3.17. The number of nitrogens with zero attached hydrogens (tertiary/aromatic N) is 1. The molecule has 0 aliphatic carbocycles. The van der Waals surface area contributed by atoms with Gasteiger partial charge in [-0.3, -0.25) is 9.69 Å². The Morgan fingerprint density at radius 1 is 0.974 bits per heavy atom. The van der Waals surface area contributed by atoms with E-state index in [4.69, 9.17) is 0 Å². The van der Waals surface area contributed by atoms with Crippen molar-refractivity contribution in [3.05, 3.63) is 106 Å². The summed E-state index contributed by atoms with van der Waals surface area (Å²) in [6, 6.07) is 16.1. The Balaban J connectivity index is 1.75. The molecule has 0 saturated heterocycles. The zero-order chi connectivity index (χ0) is 28.4. The van der Waals surface area contributed by atoms with Gasteiger partial charge in [0.15, 0.2) is 0 Å². The van der Waals surface area contributed by atoms with Crippen LogP contribution in [0.1, 0.15) is 45.1 Å². The van der Waals surface area contributed by atoms with Gasteiger partial charge >= 0.3 is 0 Å². The number of rotatable bonds is 14. The largest absolute Gasteiger partial charge is 0.395 e. The first-order chi connectivity index (χ1) is 18.7. The van der Waals surface area contributed by atoms with Crippen molar-refractivity contribution in [1.82, 2.24) is 15.5 Å². The van der Waals surface area contributed by atoms with Crippen molar-refractivity contribution < 1.29 is 23.8 Å². The van der Waals surface area contributed by atoms with Crippen LogP contribution in [0.4, 0.5) is 8.78 Å². The minimum absolute atomic E-state index is 0.0357. The smallest absolute Gasteiger partial charge is 0.251 e. The topological polar surface area (TPSA) is 84.8 Å². The van der Waals surface area contributed by atoms with Crippen LogP contribution >= 0.6 is 0 Å². The number of carbonyl (C=O) groups is 1. The lowest BCUT2D eigenvalue weighted by atomic mass is 9.99. The van der Waals surface area contributed by atoms with Gasteiger partial charge in [-0.15, -0.1) is 0 Å². The fourth-order valence-electron chi connectivity index (χ4n) is 4.63. The molecule has 0 aliphatic rings. The third-order valence-electron chi connectivity index (χ3n) is 6.57. The standard InChI is InChI=1S/C31H39F2N3O3/c1-4-22-6-5-7-23(12-22)18-34-19-30(38)29(16-24-14-27(32)17-28(33)15-24)35-31(39)26-11-21(2)10-25(13-26)20-36(3)8-9-37/h5-7,10-15,17,29-30,34,37-38H,4,8-9,16,18-20H2,1-3H3,(H,35,39). The van der Waals surface area contributed by atoms with Crippen LogP contribution in [-0.2, 0) is 25.9 Å². The van der Waals surface area contributed by atoms with E-state index in [1.807, 2.05) is 37.1 Å². The number of aryl methyl sites for hydroxylation is 2. The Morgan fingerprint density at radius 2 is 1.69 bits per heavy atom. The molecule has 2 atom stereocenters. The molecule has 0 fully saturated rings. The van der Waals surface area contributed by atoms with Crippen molar-refractivity contribution in [3.8, 4) is 0 Å². The first kappa shape index (κ1) is 30.4. The highest BCUT2D eigenvalue weighted by atomic mass is 19.1. The molecule has 0 radical (unpaired) electrons. The van der Waals surface area contributed by atoms with Gasteiger partial charge in [-0.1, -0.05) is 42.8 Å². The maximum absolute atomic E-state index is 13.9. The lowest BCUT2D eigenvalue weighted by Gasteiger charge is -2.25. The summed E-state index contributed by atoms with van der Waals surface area (Å²) in [5, 5.41) is 26.4. The maximum Gasteiger partial charge on any atom is 0.251 e. The van der Waals surface area contributed by atoms with Crippen LogP contribution in [0.3, 0.4) is 0 Å². The monoisotopic (exact) mass is 539 g/mol. The van der Waals surface area contributed by atoms with Crippen molar-refractivity contribution in [2.24, 2.45) is 0 Å². The predicted octanol–water partition coefficient (Wildman–Crippen LogP) is 3.75. The third-order valence-corrected chi connectivity index (χ3v) is 6.57. The summed E-state index contributed by atoms with van der Waals surface area (Å²) in [6.07, 6.45) is -0.0470. The fourth-order valence-corrected chi connectivity index (χ4v) is 4.63. The summed E-state index contributed by atoms with van der Waals surface area (Å²) in [7, 11) is 1.88. The van der Waals surface area contributed by atoms with Gasteiger partial charge in [-0.05, 0) is 73.3 Å². The number of likely N-dealkylation sites (N-methyl/N-ethyl adjacent to an activating group) is 1. The quantitative estimate of drug-likeness (QED) is 0.251. The maximum atomic E-state index is 13.9. The normalized spacial score (nSPS) is 12.9. The number of nitrogens with one attached hydrogen (secondary N) is 2. The van der Waals surface area contributed by atoms with Crippen LogP contribution in [-0.4, -0.2) is 59.9 Å². The lowest BCUT2D eigenvalue weighted by Crippen LogP contribution is -2.48. The number of hydrogen-bond acceptors (Lipinski definition) is 5. The summed E-state index contributed by atoms with van der Waals surface area (Å²) in [6.45, 7) is 5.78. The number of carbonyl (C=O) groups excluding carboxylic acids is 1. The van der Waals surface area contributed by atoms with E-state index in [0.29, 0.717) is 30.8 Å². The molecule has 0 saturated carbocycles. The SMILES string of the molecule is CCc1cccc(CNCC(O)C(Cc2cc(F)cc(F)c2)NC(=O)c2cc(C)cc(CN(C)CCO)c2)c1. The molecular formula is C31H39F2N3O3. The second kappa shape index (κ2) is 14.8. The molecule has 0 spiro atoms. The predicted molar refractivity (Wildman–Crippen MR) is 149 cm³/mol. The van der Waals surface area contributed by atoms with E-state index < -0.39 is 23.8 Å². The van der Waals surface area contributed by atoms with Crippen LogP contribution in [0.2, 0.25) is 0 Å². The van der Waals surface area contributed by atoms with Crippen LogP contribution in [0.5, 0.6) is 0 Å². The molecule has 0 bridgehead atoms. The molecule has 39 heavy (non-hydrogen) atoms. The summed E-state index contributed by atoms with van der Waals surface area (Å²) >= 11 is 0. The molecule has 4 N–H and O–H groups in total. The Bertz CT molecular complexity index is 1220. The number of aliphatic hydroxyl groups excluding tert-OH is 2. The number of halogens is 2.